The number of hydrogen-bond acceptors (Lipinski definition) is 1. The van der Waals surface area contributed by atoms with E-state index in [4.69, 9.17) is 0 Å². The van der Waals surface area contributed by atoms with Crippen LogP contribution in [0.25, 0.3) is 0 Å². The minimum absolute atomic E-state index is 0.208. The zero-order valence-electron chi connectivity index (χ0n) is 10.4. The summed E-state index contributed by atoms with van der Waals surface area (Å²) in [4.78, 5) is 12.0. The molecule has 4 heteroatoms. The van der Waals surface area contributed by atoms with Gasteiger partial charge in [-0.1, -0.05) is 19.8 Å². The highest BCUT2D eigenvalue weighted by Crippen LogP contribution is 2.30. The first-order valence-corrected chi connectivity index (χ1v) is 7.10. The second kappa shape index (κ2) is 5.83. The number of hydrogen-bond donors (Lipinski definition) is 1. The number of benzene rings is 1. The van der Waals surface area contributed by atoms with Crippen LogP contribution in [0.5, 0.6) is 0 Å². The van der Waals surface area contributed by atoms with E-state index >= 15 is 0 Å². The van der Waals surface area contributed by atoms with Gasteiger partial charge in [-0.15, -0.1) is 0 Å². The number of rotatable bonds is 3. The maximum absolute atomic E-state index is 13.1. The van der Waals surface area contributed by atoms with Gasteiger partial charge in [0, 0.05) is 11.0 Å². The van der Waals surface area contributed by atoms with Crippen LogP contribution < -0.4 is 5.32 Å². The van der Waals surface area contributed by atoms with Gasteiger partial charge in [0.2, 0.25) is 0 Å². The second-order valence-electron chi connectivity index (χ2n) is 5.00. The van der Waals surface area contributed by atoms with Crippen LogP contribution in [-0.2, 0) is 0 Å². The Balaban J connectivity index is 1.97. The minimum atomic E-state index is -0.391. The van der Waals surface area contributed by atoms with Crippen LogP contribution in [0.2, 0.25) is 0 Å². The molecule has 0 heterocycles. The highest BCUT2D eigenvalue weighted by atomic mass is 79.9. The molecule has 98 valence electrons. The Morgan fingerprint density at radius 2 is 2.28 bits per heavy atom. The van der Waals surface area contributed by atoms with Crippen molar-refractivity contribution in [3.8, 4) is 0 Å². The Kier molecular flexibility index (Phi) is 4.38. The highest BCUT2D eigenvalue weighted by molar-refractivity contribution is 9.10. The maximum atomic E-state index is 13.1. The fraction of sp³-hybridized carbons (Fsp3) is 0.500. The Hall–Kier alpha value is -0.900. The molecule has 18 heavy (non-hydrogen) atoms. The predicted molar refractivity (Wildman–Crippen MR) is 72.9 cm³/mol. The number of carbonyl (C=O) groups is 1. The third-order valence-electron chi connectivity index (χ3n) is 3.74. The third kappa shape index (κ3) is 3.10. The van der Waals surface area contributed by atoms with Gasteiger partial charge in [0.15, 0.2) is 0 Å². The average molecular weight is 314 g/mol. The van der Waals surface area contributed by atoms with Crippen molar-refractivity contribution in [3.63, 3.8) is 0 Å². The molecule has 1 N–H and O–H groups in total. The number of carbonyl (C=O) groups excluding carboxylic acids is 1. The minimum Gasteiger partial charge on any atom is -0.352 e. The third-order valence-corrected chi connectivity index (χ3v) is 4.43. The van der Waals surface area contributed by atoms with Crippen molar-refractivity contribution in [1.29, 1.82) is 0 Å². The summed E-state index contributed by atoms with van der Waals surface area (Å²) >= 11 is 3.27. The number of halogens is 2. The summed E-state index contributed by atoms with van der Waals surface area (Å²) < 4.78 is 13.7. The average Bonchev–Trinajstić information content (AvgIpc) is 2.75. The summed E-state index contributed by atoms with van der Waals surface area (Å²) in [5, 5.41) is 2.90. The smallest absolute Gasteiger partial charge is 0.252 e. The van der Waals surface area contributed by atoms with Gasteiger partial charge in [-0.05, 0) is 52.4 Å². The normalized spacial score (nSPS) is 23.1. The number of amides is 1. The van der Waals surface area contributed by atoms with Crippen molar-refractivity contribution in [2.75, 3.05) is 6.54 Å². The molecule has 1 aromatic rings. The van der Waals surface area contributed by atoms with Crippen molar-refractivity contribution in [1.82, 2.24) is 5.32 Å². The lowest BCUT2D eigenvalue weighted by molar-refractivity contribution is 0.0943. The molecule has 2 unspecified atom stereocenters. The van der Waals surface area contributed by atoms with E-state index in [-0.39, 0.29) is 5.91 Å². The molecule has 1 fully saturated rings. The van der Waals surface area contributed by atoms with E-state index in [0.29, 0.717) is 28.4 Å². The first-order valence-electron chi connectivity index (χ1n) is 6.31. The SMILES string of the molecule is CC1CCCC1CNC(=O)c1cc(F)ccc1Br. The van der Waals surface area contributed by atoms with Crippen LogP contribution in [-0.4, -0.2) is 12.5 Å². The van der Waals surface area contributed by atoms with Gasteiger partial charge in [-0.3, -0.25) is 4.79 Å². The standard InChI is InChI=1S/C14H17BrFNO/c1-9-3-2-4-10(9)8-17-14(18)12-7-11(16)5-6-13(12)15/h5-7,9-10H,2-4,8H2,1H3,(H,17,18). The fourth-order valence-corrected chi connectivity index (χ4v) is 2.94. The molecule has 2 rings (SSSR count). The summed E-state index contributed by atoms with van der Waals surface area (Å²) in [6.45, 7) is 2.91. The van der Waals surface area contributed by atoms with E-state index < -0.39 is 5.82 Å². The molecule has 2 nitrogen and oxygen atoms in total. The molecule has 0 spiro atoms. The maximum Gasteiger partial charge on any atom is 0.252 e. The Bertz CT molecular complexity index is 449. The molecular formula is C14H17BrFNO. The molecule has 1 aliphatic rings. The molecule has 0 radical (unpaired) electrons. The van der Waals surface area contributed by atoms with Gasteiger partial charge in [-0.25, -0.2) is 4.39 Å². The van der Waals surface area contributed by atoms with Crippen molar-refractivity contribution < 1.29 is 9.18 Å². The summed E-state index contributed by atoms with van der Waals surface area (Å²) in [6, 6.07) is 4.15. The highest BCUT2D eigenvalue weighted by Gasteiger charge is 2.24. The fourth-order valence-electron chi connectivity index (χ4n) is 2.52. The van der Waals surface area contributed by atoms with E-state index in [1.807, 2.05) is 0 Å². The number of nitrogens with one attached hydrogen (secondary N) is 1. The van der Waals surface area contributed by atoms with Crippen LogP contribution in [0, 0.1) is 17.7 Å². The molecule has 0 aliphatic heterocycles. The molecule has 0 saturated heterocycles. The van der Waals surface area contributed by atoms with Gasteiger partial charge in [0.05, 0.1) is 5.56 Å². The van der Waals surface area contributed by atoms with Gasteiger partial charge in [0.1, 0.15) is 5.82 Å². The first kappa shape index (κ1) is 13.5. The van der Waals surface area contributed by atoms with Crippen LogP contribution in [0.15, 0.2) is 22.7 Å². The lowest BCUT2D eigenvalue weighted by Gasteiger charge is -2.16. The Morgan fingerprint density at radius 3 is 2.94 bits per heavy atom. The van der Waals surface area contributed by atoms with Crippen LogP contribution in [0.4, 0.5) is 4.39 Å². The lowest BCUT2D eigenvalue weighted by Crippen LogP contribution is -2.30. The largest absolute Gasteiger partial charge is 0.352 e. The summed E-state index contributed by atoms with van der Waals surface area (Å²) in [6.07, 6.45) is 3.65. The predicted octanol–water partition coefficient (Wildman–Crippen LogP) is 3.75. The lowest BCUT2D eigenvalue weighted by atomic mass is 9.98. The Morgan fingerprint density at radius 1 is 1.50 bits per heavy atom. The Labute approximate surface area is 115 Å². The van der Waals surface area contributed by atoms with Crippen LogP contribution >= 0.6 is 15.9 Å². The van der Waals surface area contributed by atoms with Gasteiger partial charge in [-0.2, -0.15) is 0 Å². The molecule has 1 saturated carbocycles. The van der Waals surface area contributed by atoms with Gasteiger partial charge >= 0.3 is 0 Å². The van der Waals surface area contributed by atoms with Crippen molar-refractivity contribution in [2.24, 2.45) is 11.8 Å². The van der Waals surface area contributed by atoms with E-state index in [0.717, 1.165) is 0 Å². The molecule has 1 aliphatic carbocycles. The van der Waals surface area contributed by atoms with Gasteiger partial charge < -0.3 is 5.32 Å². The van der Waals surface area contributed by atoms with Crippen LogP contribution in [0.3, 0.4) is 0 Å². The molecule has 1 aromatic carbocycles. The second-order valence-corrected chi connectivity index (χ2v) is 5.86. The van der Waals surface area contributed by atoms with E-state index in [1.165, 1.54) is 31.4 Å². The van der Waals surface area contributed by atoms with E-state index in [9.17, 15) is 9.18 Å². The van der Waals surface area contributed by atoms with Crippen LogP contribution in [0.1, 0.15) is 36.5 Å². The topological polar surface area (TPSA) is 29.1 Å². The molecule has 2 atom stereocenters. The summed E-state index contributed by atoms with van der Waals surface area (Å²) in [7, 11) is 0. The van der Waals surface area contributed by atoms with Gasteiger partial charge in [0.25, 0.3) is 5.91 Å². The van der Waals surface area contributed by atoms with Crippen molar-refractivity contribution in [3.05, 3.63) is 34.1 Å². The molecular weight excluding hydrogens is 297 g/mol. The van der Waals surface area contributed by atoms with Crippen molar-refractivity contribution >= 4 is 21.8 Å². The summed E-state index contributed by atoms with van der Waals surface area (Å²) in [5.41, 5.74) is 0.362. The zero-order chi connectivity index (χ0) is 13.1. The van der Waals surface area contributed by atoms with E-state index in [2.05, 4.69) is 28.2 Å². The summed E-state index contributed by atoms with van der Waals surface area (Å²) in [5.74, 6) is 0.626. The first-order chi connectivity index (χ1) is 8.58. The van der Waals surface area contributed by atoms with Crippen molar-refractivity contribution in [2.45, 2.75) is 26.2 Å². The quantitative estimate of drug-likeness (QED) is 0.904. The molecule has 1 amide bonds. The van der Waals surface area contributed by atoms with E-state index in [1.54, 1.807) is 6.07 Å². The monoisotopic (exact) mass is 313 g/mol. The molecule has 0 aromatic heterocycles. The zero-order valence-corrected chi connectivity index (χ0v) is 12.0. The molecule has 0 bridgehead atoms.